The van der Waals surface area contributed by atoms with E-state index in [1.807, 2.05) is 0 Å². The third kappa shape index (κ3) is 1.49. The number of alkyl halides is 2. The van der Waals surface area contributed by atoms with E-state index in [1.165, 1.54) is 6.92 Å². The van der Waals surface area contributed by atoms with Gasteiger partial charge in [0.2, 0.25) is 5.95 Å². The van der Waals surface area contributed by atoms with Crippen LogP contribution in [0, 0.1) is 12.9 Å². The van der Waals surface area contributed by atoms with Gasteiger partial charge < -0.3 is 5.73 Å². The maximum absolute atomic E-state index is 12.6. The number of halogens is 3. The lowest BCUT2D eigenvalue weighted by Gasteiger charge is -2.04. The predicted octanol–water partition coefficient (Wildman–Crippen LogP) is 2.05. The van der Waals surface area contributed by atoms with E-state index in [2.05, 4.69) is 4.98 Å². The number of nitrogen functional groups attached to an aromatic ring is 1. The Morgan fingerprint density at radius 1 is 1.50 bits per heavy atom. The number of rotatable bonds is 1. The van der Waals surface area contributed by atoms with Gasteiger partial charge in [-0.2, -0.15) is 4.39 Å². The summed E-state index contributed by atoms with van der Waals surface area (Å²) in [6.45, 7) is 1.41. The number of nitrogens with zero attached hydrogens (tertiary/aromatic N) is 1. The first-order valence-corrected chi connectivity index (χ1v) is 3.23. The van der Waals surface area contributed by atoms with Crippen molar-refractivity contribution < 1.29 is 13.2 Å². The molecule has 1 aromatic heterocycles. The summed E-state index contributed by atoms with van der Waals surface area (Å²) in [7, 11) is 0. The van der Waals surface area contributed by atoms with Crippen LogP contribution in [0.2, 0.25) is 0 Å². The van der Waals surface area contributed by atoms with Crippen LogP contribution in [0.25, 0.3) is 0 Å². The summed E-state index contributed by atoms with van der Waals surface area (Å²) in [5, 5.41) is 0. The Balaban J connectivity index is 3.23. The second kappa shape index (κ2) is 3.00. The van der Waals surface area contributed by atoms with Crippen molar-refractivity contribution in [3.63, 3.8) is 0 Å². The normalized spacial score (nSPS) is 10.8. The summed E-state index contributed by atoms with van der Waals surface area (Å²) in [4.78, 5) is 3.03. The molecular formula is C7H7F3N2. The van der Waals surface area contributed by atoms with Crippen molar-refractivity contribution in [2.24, 2.45) is 0 Å². The van der Waals surface area contributed by atoms with Crippen molar-refractivity contribution in [2.45, 2.75) is 13.3 Å². The quantitative estimate of drug-likeness (QED) is 0.665. The Morgan fingerprint density at radius 2 is 2.08 bits per heavy atom. The van der Waals surface area contributed by atoms with Gasteiger partial charge in [0.15, 0.2) is 0 Å². The molecule has 0 unspecified atom stereocenters. The molecule has 0 amide bonds. The Kier molecular flexibility index (Phi) is 2.21. The van der Waals surface area contributed by atoms with Crippen molar-refractivity contribution in [1.82, 2.24) is 4.98 Å². The Labute approximate surface area is 67.2 Å². The zero-order valence-corrected chi connectivity index (χ0v) is 6.31. The highest BCUT2D eigenvalue weighted by atomic mass is 19.3. The largest absolute Gasteiger partial charge is 0.397 e. The van der Waals surface area contributed by atoms with Crippen molar-refractivity contribution in [1.29, 1.82) is 0 Å². The molecular weight excluding hydrogens is 169 g/mol. The molecule has 2 nitrogen and oxygen atoms in total. The summed E-state index contributed by atoms with van der Waals surface area (Å²) in [5.41, 5.74) is 4.47. The molecule has 0 aliphatic rings. The van der Waals surface area contributed by atoms with Crippen LogP contribution in [0.3, 0.4) is 0 Å². The molecule has 0 saturated carbocycles. The zero-order chi connectivity index (χ0) is 9.30. The summed E-state index contributed by atoms with van der Waals surface area (Å²) < 4.78 is 36.7. The maximum Gasteiger partial charge on any atom is 0.282 e. The average molecular weight is 176 g/mol. The fourth-order valence-corrected chi connectivity index (χ4v) is 0.800. The molecule has 0 aliphatic carbocycles. The minimum Gasteiger partial charge on any atom is -0.397 e. The van der Waals surface area contributed by atoms with Crippen LogP contribution in [-0.2, 0) is 0 Å². The van der Waals surface area contributed by atoms with Gasteiger partial charge in [-0.3, -0.25) is 0 Å². The van der Waals surface area contributed by atoms with Crippen molar-refractivity contribution >= 4 is 5.69 Å². The molecule has 0 spiro atoms. The SMILES string of the molecule is Cc1cc(N)c(C(F)F)nc1F. The summed E-state index contributed by atoms with van der Waals surface area (Å²) in [6, 6.07) is 1.14. The van der Waals surface area contributed by atoms with Gasteiger partial charge >= 0.3 is 0 Å². The van der Waals surface area contributed by atoms with E-state index in [1.54, 1.807) is 0 Å². The average Bonchev–Trinajstić information content (AvgIpc) is 1.96. The maximum atomic E-state index is 12.6. The molecule has 66 valence electrons. The third-order valence-electron chi connectivity index (χ3n) is 1.42. The Morgan fingerprint density at radius 3 is 2.58 bits per heavy atom. The molecule has 2 N–H and O–H groups in total. The lowest BCUT2D eigenvalue weighted by Crippen LogP contribution is -2.02. The van der Waals surface area contributed by atoms with Gasteiger partial charge in [-0.15, -0.1) is 0 Å². The van der Waals surface area contributed by atoms with Crippen molar-refractivity contribution in [2.75, 3.05) is 5.73 Å². The Hall–Kier alpha value is -1.26. The van der Waals surface area contributed by atoms with E-state index in [-0.39, 0.29) is 11.3 Å². The number of aromatic nitrogens is 1. The van der Waals surface area contributed by atoms with Gasteiger partial charge in [0.1, 0.15) is 5.69 Å². The molecule has 0 radical (unpaired) electrons. The molecule has 0 fully saturated rings. The minimum absolute atomic E-state index is 0.164. The van der Waals surface area contributed by atoms with E-state index in [0.29, 0.717) is 0 Å². The smallest absolute Gasteiger partial charge is 0.282 e. The van der Waals surface area contributed by atoms with Gasteiger partial charge in [0.05, 0.1) is 5.69 Å². The van der Waals surface area contributed by atoms with Crippen LogP contribution in [0.4, 0.5) is 18.9 Å². The minimum atomic E-state index is -2.83. The van der Waals surface area contributed by atoms with Crippen LogP contribution in [0.5, 0.6) is 0 Å². The van der Waals surface area contributed by atoms with E-state index in [0.717, 1.165) is 6.07 Å². The second-order valence-corrected chi connectivity index (χ2v) is 2.37. The van der Waals surface area contributed by atoms with E-state index < -0.39 is 18.1 Å². The number of pyridine rings is 1. The van der Waals surface area contributed by atoms with Gasteiger partial charge in [-0.25, -0.2) is 13.8 Å². The predicted molar refractivity (Wildman–Crippen MR) is 38.3 cm³/mol. The lowest BCUT2D eigenvalue weighted by atomic mass is 10.2. The van der Waals surface area contributed by atoms with Crippen molar-refractivity contribution in [3.8, 4) is 0 Å². The molecule has 1 aromatic rings. The van der Waals surface area contributed by atoms with Crippen LogP contribution < -0.4 is 5.73 Å². The summed E-state index contributed by atoms with van der Waals surface area (Å²) in [6.07, 6.45) is -2.83. The molecule has 5 heteroatoms. The monoisotopic (exact) mass is 176 g/mol. The number of hydrogen-bond donors (Lipinski definition) is 1. The molecule has 0 saturated heterocycles. The van der Waals surface area contributed by atoms with Gasteiger partial charge in [-0.1, -0.05) is 0 Å². The van der Waals surface area contributed by atoms with Crippen LogP contribution in [0.15, 0.2) is 6.07 Å². The van der Waals surface area contributed by atoms with E-state index in [9.17, 15) is 13.2 Å². The highest BCUT2D eigenvalue weighted by molar-refractivity contribution is 5.45. The first-order valence-electron chi connectivity index (χ1n) is 3.23. The molecule has 0 aromatic carbocycles. The fraction of sp³-hybridized carbons (Fsp3) is 0.286. The lowest BCUT2D eigenvalue weighted by molar-refractivity contribution is 0.145. The number of aryl methyl sites for hydroxylation is 1. The second-order valence-electron chi connectivity index (χ2n) is 2.37. The molecule has 12 heavy (non-hydrogen) atoms. The van der Waals surface area contributed by atoms with Gasteiger partial charge in [-0.05, 0) is 13.0 Å². The Bertz CT molecular complexity index is 299. The molecule has 0 aliphatic heterocycles. The fourth-order valence-electron chi connectivity index (χ4n) is 0.800. The van der Waals surface area contributed by atoms with Crippen molar-refractivity contribution in [3.05, 3.63) is 23.3 Å². The molecule has 0 bridgehead atoms. The van der Waals surface area contributed by atoms with Gasteiger partial charge in [0.25, 0.3) is 6.43 Å². The molecule has 1 rings (SSSR count). The standard InChI is InChI=1S/C7H7F3N2/c1-3-2-4(11)5(6(8)9)12-7(3)10/h2,6H,11H2,1H3. The van der Waals surface area contributed by atoms with Crippen LogP contribution in [0.1, 0.15) is 17.7 Å². The zero-order valence-electron chi connectivity index (χ0n) is 6.31. The first kappa shape index (κ1) is 8.83. The summed E-state index contributed by atoms with van der Waals surface area (Å²) in [5.74, 6) is -0.903. The number of nitrogens with two attached hydrogens (primary N) is 1. The van der Waals surface area contributed by atoms with E-state index in [4.69, 9.17) is 5.73 Å². The first-order chi connectivity index (χ1) is 5.52. The highest BCUT2D eigenvalue weighted by Gasteiger charge is 2.15. The third-order valence-corrected chi connectivity index (χ3v) is 1.42. The van der Waals surface area contributed by atoms with E-state index >= 15 is 0 Å². The number of anilines is 1. The van der Waals surface area contributed by atoms with Crippen LogP contribution >= 0.6 is 0 Å². The number of hydrogen-bond acceptors (Lipinski definition) is 2. The highest BCUT2D eigenvalue weighted by Crippen LogP contribution is 2.23. The van der Waals surface area contributed by atoms with Gasteiger partial charge in [0, 0.05) is 5.56 Å². The van der Waals surface area contributed by atoms with Crippen LogP contribution in [-0.4, -0.2) is 4.98 Å². The molecule has 1 heterocycles. The molecule has 0 atom stereocenters. The topological polar surface area (TPSA) is 38.9 Å². The summed E-state index contributed by atoms with van der Waals surface area (Å²) >= 11 is 0.